The Morgan fingerprint density at radius 1 is 1.07 bits per heavy atom. The first-order valence-electron chi connectivity index (χ1n) is 8.97. The van der Waals surface area contributed by atoms with Gasteiger partial charge in [0.1, 0.15) is 6.54 Å². The number of carbonyl (C=O) groups is 4. The normalized spacial score (nSPS) is 12.2. The smallest absolute Gasteiger partial charge is 0.326 e. The minimum absolute atomic E-state index is 0.0121. The number of hydrogen-bond acceptors (Lipinski definition) is 7. The third-order valence-corrected chi connectivity index (χ3v) is 5.41. The molecular formula is C18H26N4O7S. The molecule has 0 heterocycles. The van der Waals surface area contributed by atoms with Gasteiger partial charge in [0.05, 0.1) is 11.4 Å². The van der Waals surface area contributed by atoms with Crippen LogP contribution >= 0.6 is 0 Å². The summed E-state index contributed by atoms with van der Waals surface area (Å²) in [7, 11) is -3.91. The van der Waals surface area contributed by atoms with Gasteiger partial charge >= 0.3 is 12.0 Å². The second-order valence-corrected chi connectivity index (χ2v) is 8.62. The number of carbonyl (C=O) groups excluding carboxylic acids is 4. The molecule has 0 saturated heterocycles. The van der Waals surface area contributed by atoms with Crippen LogP contribution in [-0.2, 0) is 29.1 Å². The molecule has 1 aromatic rings. The lowest BCUT2D eigenvalue weighted by molar-refractivity contribution is -0.157. The number of amides is 4. The Balaban J connectivity index is 2.57. The SMILES string of the molecule is Cc1ccc(S(=O)(=O)NCC(=O)NCC(=O)O[C@H](C(=O)NC(N)=O)C(C)C)cc1C. The van der Waals surface area contributed by atoms with E-state index in [1.807, 2.05) is 12.2 Å². The van der Waals surface area contributed by atoms with Gasteiger partial charge in [-0.15, -0.1) is 0 Å². The minimum Gasteiger partial charge on any atom is -0.451 e. The molecule has 4 amide bonds. The Kier molecular flexibility index (Phi) is 8.93. The number of sulfonamides is 1. The molecule has 0 radical (unpaired) electrons. The lowest BCUT2D eigenvalue weighted by Gasteiger charge is -2.19. The summed E-state index contributed by atoms with van der Waals surface area (Å²) in [4.78, 5) is 46.3. The average Bonchev–Trinajstić information content (AvgIpc) is 2.64. The quantitative estimate of drug-likeness (QED) is 0.371. The molecule has 0 saturated carbocycles. The number of rotatable bonds is 9. The number of ether oxygens (including phenoxy) is 1. The van der Waals surface area contributed by atoms with Crippen molar-refractivity contribution in [2.45, 2.75) is 38.7 Å². The molecule has 0 aliphatic rings. The molecule has 12 heteroatoms. The number of benzene rings is 1. The van der Waals surface area contributed by atoms with Crippen LogP contribution in [0.25, 0.3) is 0 Å². The molecule has 0 aliphatic heterocycles. The summed E-state index contributed by atoms with van der Waals surface area (Å²) in [5.74, 6) is -3.08. The molecule has 5 N–H and O–H groups in total. The van der Waals surface area contributed by atoms with Crippen molar-refractivity contribution in [3.63, 3.8) is 0 Å². The van der Waals surface area contributed by atoms with Gasteiger partial charge in [0, 0.05) is 0 Å². The molecule has 1 rings (SSSR count). The highest BCUT2D eigenvalue weighted by molar-refractivity contribution is 7.89. The van der Waals surface area contributed by atoms with Crippen LogP contribution < -0.4 is 21.1 Å². The summed E-state index contributed by atoms with van der Waals surface area (Å²) in [5, 5.41) is 4.00. The lowest BCUT2D eigenvalue weighted by Crippen LogP contribution is -2.47. The first kappa shape index (κ1) is 25.0. The standard InChI is InChI=1S/C18H26N4O7S/c1-10(2)16(17(25)22-18(19)26)29-15(24)9-20-14(23)8-21-30(27,28)13-6-5-11(3)12(4)7-13/h5-7,10,16,21H,8-9H2,1-4H3,(H,20,23)(H3,19,22,25,26)/t16-/m0/s1. The van der Waals surface area contributed by atoms with Crippen LogP contribution in [-0.4, -0.2) is 51.4 Å². The number of aryl methyl sites for hydroxylation is 2. The fraction of sp³-hybridized carbons (Fsp3) is 0.444. The highest BCUT2D eigenvalue weighted by Gasteiger charge is 2.27. The third kappa shape index (κ3) is 7.79. The lowest BCUT2D eigenvalue weighted by atomic mass is 10.1. The first-order chi connectivity index (χ1) is 13.8. The largest absolute Gasteiger partial charge is 0.451 e. The molecule has 0 fully saturated rings. The van der Waals surface area contributed by atoms with Crippen LogP contribution in [0.1, 0.15) is 25.0 Å². The summed E-state index contributed by atoms with van der Waals surface area (Å²) in [6.07, 6.45) is -1.29. The van der Waals surface area contributed by atoms with Gasteiger partial charge in [0.25, 0.3) is 5.91 Å². The number of urea groups is 1. The van der Waals surface area contributed by atoms with Crippen molar-refractivity contribution in [1.82, 2.24) is 15.4 Å². The zero-order valence-electron chi connectivity index (χ0n) is 17.1. The maximum atomic E-state index is 12.3. The maximum Gasteiger partial charge on any atom is 0.326 e. The molecule has 0 bridgehead atoms. The highest BCUT2D eigenvalue weighted by Crippen LogP contribution is 2.14. The zero-order valence-corrected chi connectivity index (χ0v) is 18.0. The van der Waals surface area contributed by atoms with Crippen molar-refractivity contribution in [3.8, 4) is 0 Å². The summed E-state index contributed by atoms with van der Waals surface area (Å²) in [5.41, 5.74) is 6.57. The van der Waals surface area contributed by atoms with E-state index < -0.39 is 58.9 Å². The van der Waals surface area contributed by atoms with Crippen LogP contribution in [0.15, 0.2) is 23.1 Å². The Bertz CT molecular complexity index is 928. The van der Waals surface area contributed by atoms with Gasteiger partial charge in [-0.1, -0.05) is 19.9 Å². The third-order valence-electron chi connectivity index (χ3n) is 4.01. The van der Waals surface area contributed by atoms with E-state index in [9.17, 15) is 27.6 Å². The first-order valence-corrected chi connectivity index (χ1v) is 10.4. The van der Waals surface area contributed by atoms with Crippen molar-refractivity contribution >= 4 is 33.8 Å². The van der Waals surface area contributed by atoms with Crippen LogP contribution in [0.3, 0.4) is 0 Å². The fourth-order valence-electron chi connectivity index (χ4n) is 2.23. The highest BCUT2D eigenvalue weighted by atomic mass is 32.2. The van der Waals surface area contributed by atoms with Gasteiger partial charge in [-0.3, -0.25) is 19.7 Å². The minimum atomic E-state index is -3.91. The fourth-order valence-corrected chi connectivity index (χ4v) is 3.29. The van der Waals surface area contributed by atoms with Gasteiger partial charge in [0.2, 0.25) is 15.9 Å². The molecular weight excluding hydrogens is 416 g/mol. The summed E-state index contributed by atoms with van der Waals surface area (Å²) >= 11 is 0. The maximum absolute atomic E-state index is 12.3. The van der Waals surface area contributed by atoms with E-state index in [-0.39, 0.29) is 4.90 Å². The molecule has 166 valence electrons. The molecule has 0 spiro atoms. The van der Waals surface area contributed by atoms with Gasteiger partial charge in [-0.25, -0.2) is 17.9 Å². The molecule has 30 heavy (non-hydrogen) atoms. The number of nitrogens with two attached hydrogens (primary N) is 1. The summed E-state index contributed by atoms with van der Waals surface area (Å²) < 4.78 is 31.6. The number of nitrogens with one attached hydrogen (secondary N) is 3. The second kappa shape index (κ2) is 10.7. The molecule has 1 aromatic carbocycles. The summed E-state index contributed by atoms with van der Waals surface area (Å²) in [6.45, 7) is 5.57. The zero-order chi connectivity index (χ0) is 23.1. The van der Waals surface area contributed by atoms with Gasteiger partial charge in [0.15, 0.2) is 6.10 Å². The van der Waals surface area contributed by atoms with Gasteiger partial charge in [-0.05, 0) is 43.0 Å². The molecule has 1 atom stereocenters. The van der Waals surface area contributed by atoms with Gasteiger partial charge in [-0.2, -0.15) is 0 Å². The van der Waals surface area contributed by atoms with E-state index in [0.29, 0.717) is 0 Å². The van der Waals surface area contributed by atoms with Crippen LogP contribution in [0.4, 0.5) is 4.79 Å². The molecule has 0 aromatic heterocycles. The van der Waals surface area contributed by atoms with Crippen molar-refractivity contribution in [2.75, 3.05) is 13.1 Å². The van der Waals surface area contributed by atoms with E-state index in [4.69, 9.17) is 10.5 Å². The predicted octanol–water partition coefficient (Wildman–Crippen LogP) is -0.539. The van der Waals surface area contributed by atoms with E-state index >= 15 is 0 Å². The van der Waals surface area contributed by atoms with Crippen LogP contribution in [0.2, 0.25) is 0 Å². The van der Waals surface area contributed by atoms with Crippen LogP contribution in [0.5, 0.6) is 0 Å². The average molecular weight is 442 g/mol. The molecule has 0 unspecified atom stereocenters. The molecule has 11 nitrogen and oxygen atoms in total. The Labute approximate surface area is 174 Å². The predicted molar refractivity (Wildman–Crippen MR) is 107 cm³/mol. The van der Waals surface area contributed by atoms with E-state index in [2.05, 4.69) is 10.0 Å². The summed E-state index contributed by atoms with van der Waals surface area (Å²) in [6, 6.07) is 3.46. The number of imide groups is 1. The van der Waals surface area contributed by atoms with Crippen LogP contribution in [0, 0.1) is 19.8 Å². The van der Waals surface area contributed by atoms with Gasteiger partial charge < -0.3 is 15.8 Å². The number of primary amides is 1. The Hall–Kier alpha value is -2.99. The molecule has 0 aliphatic carbocycles. The monoisotopic (exact) mass is 442 g/mol. The number of esters is 1. The topological polar surface area (TPSA) is 174 Å². The number of hydrogen-bond donors (Lipinski definition) is 4. The second-order valence-electron chi connectivity index (χ2n) is 6.86. The van der Waals surface area contributed by atoms with E-state index in [0.717, 1.165) is 11.1 Å². The Morgan fingerprint density at radius 3 is 2.23 bits per heavy atom. The van der Waals surface area contributed by atoms with E-state index in [1.165, 1.54) is 12.1 Å². The van der Waals surface area contributed by atoms with Crippen molar-refractivity contribution < 1.29 is 32.3 Å². The Morgan fingerprint density at radius 2 is 1.70 bits per heavy atom. The van der Waals surface area contributed by atoms with Crippen molar-refractivity contribution in [1.29, 1.82) is 0 Å². The van der Waals surface area contributed by atoms with E-state index in [1.54, 1.807) is 26.8 Å². The van der Waals surface area contributed by atoms with Crippen molar-refractivity contribution in [3.05, 3.63) is 29.3 Å². The van der Waals surface area contributed by atoms with Crippen molar-refractivity contribution in [2.24, 2.45) is 11.7 Å².